The molecule has 0 aliphatic heterocycles. The third-order valence-corrected chi connectivity index (χ3v) is 4.91. The van der Waals surface area contributed by atoms with E-state index in [1.54, 1.807) is 24.1 Å². The van der Waals surface area contributed by atoms with E-state index in [-0.39, 0.29) is 11.5 Å². The van der Waals surface area contributed by atoms with E-state index >= 15 is 0 Å². The summed E-state index contributed by atoms with van der Waals surface area (Å²) >= 11 is 0. The van der Waals surface area contributed by atoms with E-state index in [1.807, 2.05) is 32.9 Å². The summed E-state index contributed by atoms with van der Waals surface area (Å²) in [5.74, 6) is -0.371. The molecule has 8 heteroatoms. The smallest absolute Gasteiger partial charge is 0.339 e. The number of likely N-dealkylation sites (N-methyl/N-ethyl adjacent to an activating group) is 1. The number of hydrogen-bond acceptors (Lipinski definition) is 6. The molecule has 2 aromatic heterocycles. The van der Waals surface area contributed by atoms with Gasteiger partial charge in [-0.05, 0) is 45.4 Å². The van der Waals surface area contributed by atoms with Crippen molar-refractivity contribution >= 4 is 23.4 Å². The van der Waals surface area contributed by atoms with Crippen molar-refractivity contribution in [3.05, 3.63) is 70.2 Å². The third-order valence-electron chi connectivity index (χ3n) is 4.91. The zero-order chi connectivity index (χ0) is 21.8. The maximum absolute atomic E-state index is 12.4. The zero-order valence-corrected chi connectivity index (χ0v) is 17.4. The fraction of sp³-hybridized carbons (Fsp3) is 0.273. The van der Waals surface area contributed by atoms with E-state index in [1.165, 1.54) is 12.3 Å². The van der Waals surface area contributed by atoms with Crippen molar-refractivity contribution < 1.29 is 19.2 Å². The zero-order valence-electron chi connectivity index (χ0n) is 17.4. The Morgan fingerprint density at radius 2 is 1.87 bits per heavy atom. The molecule has 0 spiro atoms. The molecule has 8 nitrogen and oxygen atoms in total. The van der Waals surface area contributed by atoms with Crippen LogP contribution in [0.4, 0.5) is 11.5 Å². The Labute approximate surface area is 174 Å². The number of amides is 1. The van der Waals surface area contributed by atoms with Crippen LogP contribution in [0.1, 0.15) is 43.3 Å². The van der Waals surface area contributed by atoms with E-state index in [0.29, 0.717) is 30.0 Å². The topological polar surface area (TPSA) is 109 Å². The van der Waals surface area contributed by atoms with Crippen molar-refractivity contribution in [1.29, 1.82) is 0 Å². The minimum absolute atomic E-state index is 0.0120. The summed E-state index contributed by atoms with van der Waals surface area (Å²) in [6.45, 7) is 6.19. The molecule has 156 valence electrons. The van der Waals surface area contributed by atoms with Crippen LogP contribution in [0, 0.1) is 20.8 Å². The number of carboxylic acid groups (broad SMARTS) is 1. The molecule has 2 heterocycles. The maximum Gasteiger partial charge on any atom is 0.339 e. The molecule has 1 aromatic carbocycles. The first-order chi connectivity index (χ1) is 14.3. The van der Waals surface area contributed by atoms with Gasteiger partial charge in [0.15, 0.2) is 0 Å². The molecule has 0 atom stereocenters. The summed E-state index contributed by atoms with van der Waals surface area (Å²) in [7, 11) is 1.78. The van der Waals surface area contributed by atoms with Crippen LogP contribution in [-0.2, 0) is 6.42 Å². The van der Waals surface area contributed by atoms with Crippen molar-refractivity contribution in [3.63, 3.8) is 0 Å². The fourth-order valence-electron chi connectivity index (χ4n) is 3.14. The first kappa shape index (κ1) is 21.0. The number of carbonyl (C=O) groups is 2. The van der Waals surface area contributed by atoms with Crippen molar-refractivity contribution in [2.45, 2.75) is 27.2 Å². The van der Waals surface area contributed by atoms with Crippen LogP contribution >= 0.6 is 0 Å². The largest absolute Gasteiger partial charge is 0.478 e. The van der Waals surface area contributed by atoms with Crippen LogP contribution < -0.4 is 10.2 Å². The number of carbonyl (C=O) groups excluding carboxylic acids is 1. The van der Waals surface area contributed by atoms with Gasteiger partial charge in [0.05, 0.1) is 17.6 Å². The van der Waals surface area contributed by atoms with E-state index in [0.717, 1.165) is 22.6 Å². The van der Waals surface area contributed by atoms with Crippen LogP contribution in [0.15, 0.2) is 41.1 Å². The summed E-state index contributed by atoms with van der Waals surface area (Å²) in [4.78, 5) is 30.3. The number of aryl methyl sites for hydroxylation is 3. The predicted octanol–water partition coefficient (Wildman–Crippen LogP) is 3.62. The number of aromatic nitrogens is 2. The standard InChI is InChI=1S/C22H24N4O4/c1-13-5-7-16(8-6-13)21(27)24-17-11-19(22(28)29)20(23-12-17)26(4)10-9-18-14(2)25-30-15(18)3/h5-8,11-12H,9-10H2,1-4H3,(H,24,27)(H,28,29). The van der Waals surface area contributed by atoms with E-state index < -0.39 is 5.97 Å². The van der Waals surface area contributed by atoms with Gasteiger partial charge in [0, 0.05) is 24.7 Å². The van der Waals surface area contributed by atoms with Gasteiger partial charge in [0.1, 0.15) is 17.1 Å². The normalized spacial score (nSPS) is 10.7. The van der Waals surface area contributed by atoms with Crippen LogP contribution in [-0.4, -0.2) is 40.7 Å². The fourth-order valence-corrected chi connectivity index (χ4v) is 3.14. The highest BCUT2D eigenvalue weighted by atomic mass is 16.5. The molecule has 3 aromatic rings. The van der Waals surface area contributed by atoms with Gasteiger partial charge in [-0.3, -0.25) is 4.79 Å². The highest BCUT2D eigenvalue weighted by molar-refractivity contribution is 6.05. The lowest BCUT2D eigenvalue weighted by molar-refractivity contribution is 0.0696. The number of nitrogens with zero attached hydrogens (tertiary/aromatic N) is 3. The molecule has 0 aliphatic rings. The number of hydrogen-bond donors (Lipinski definition) is 2. The Bertz CT molecular complexity index is 1050. The average Bonchev–Trinajstić information content (AvgIpc) is 3.04. The van der Waals surface area contributed by atoms with Crippen LogP contribution in [0.5, 0.6) is 0 Å². The van der Waals surface area contributed by atoms with E-state index in [9.17, 15) is 14.7 Å². The summed E-state index contributed by atoms with van der Waals surface area (Å²) in [6, 6.07) is 8.53. The van der Waals surface area contributed by atoms with Gasteiger partial charge in [-0.2, -0.15) is 0 Å². The second-order valence-corrected chi connectivity index (χ2v) is 7.19. The predicted molar refractivity (Wildman–Crippen MR) is 113 cm³/mol. The SMILES string of the molecule is Cc1ccc(C(=O)Nc2cnc(N(C)CCc3c(C)noc3C)c(C(=O)O)c2)cc1. The summed E-state index contributed by atoms with van der Waals surface area (Å²) in [5.41, 5.74) is 3.68. The number of aromatic carboxylic acids is 1. The van der Waals surface area contributed by atoms with Crippen molar-refractivity contribution in [3.8, 4) is 0 Å². The Kier molecular flexibility index (Phi) is 6.15. The molecule has 3 rings (SSSR count). The molecule has 1 amide bonds. The van der Waals surface area contributed by atoms with Crippen LogP contribution in [0.3, 0.4) is 0 Å². The number of rotatable bonds is 7. The van der Waals surface area contributed by atoms with Gasteiger partial charge in [-0.25, -0.2) is 9.78 Å². The maximum atomic E-state index is 12.4. The highest BCUT2D eigenvalue weighted by Gasteiger charge is 2.18. The van der Waals surface area contributed by atoms with Crippen molar-refractivity contribution in [1.82, 2.24) is 10.1 Å². The molecule has 0 saturated carbocycles. The minimum Gasteiger partial charge on any atom is -0.478 e. The molecule has 30 heavy (non-hydrogen) atoms. The van der Waals surface area contributed by atoms with Gasteiger partial charge < -0.3 is 19.8 Å². The molecule has 0 bridgehead atoms. The van der Waals surface area contributed by atoms with Gasteiger partial charge in [0.25, 0.3) is 5.91 Å². The monoisotopic (exact) mass is 408 g/mol. The Hall–Kier alpha value is -3.68. The summed E-state index contributed by atoms with van der Waals surface area (Å²) in [5, 5.41) is 16.3. The van der Waals surface area contributed by atoms with Gasteiger partial charge in [-0.1, -0.05) is 22.9 Å². The summed E-state index contributed by atoms with van der Waals surface area (Å²) in [6.07, 6.45) is 2.10. The number of nitrogens with one attached hydrogen (secondary N) is 1. The molecular formula is C22H24N4O4. The van der Waals surface area contributed by atoms with E-state index in [2.05, 4.69) is 15.5 Å². The molecule has 2 N–H and O–H groups in total. The Morgan fingerprint density at radius 3 is 2.47 bits per heavy atom. The van der Waals surface area contributed by atoms with Gasteiger partial charge in [0.2, 0.25) is 0 Å². The minimum atomic E-state index is -1.12. The molecule has 0 fully saturated rings. The number of pyridine rings is 1. The lowest BCUT2D eigenvalue weighted by atomic mass is 10.1. The Balaban J connectivity index is 1.76. The average molecular weight is 408 g/mol. The van der Waals surface area contributed by atoms with E-state index in [4.69, 9.17) is 4.52 Å². The molecule has 0 aliphatic carbocycles. The highest BCUT2D eigenvalue weighted by Crippen LogP contribution is 2.22. The summed E-state index contributed by atoms with van der Waals surface area (Å²) < 4.78 is 5.17. The second kappa shape index (κ2) is 8.77. The first-order valence-electron chi connectivity index (χ1n) is 9.50. The molecule has 0 saturated heterocycles. The lowest BCUT2D eigenvalue weighted by Gasteiger charge is -2.20. The second-order valence-electron chi connectivity index (χ2n) is 7.19. The van der Waals surface area contributed by atoms with Crippen molar-refractivity contribution in [2.75, 3.05) is 23.8 Å². The van der Waals surface area contributed by atoms with Gasteiger partial charge in [-0.15, -0.1) is 0 Å². The number of anilines is 2. The van der Waals surface area contributed by atoms with Crippen LogP contribution in [0.2, 0.25) is 0 Å². The Morgan fingerprint density at radius 1 is 1.17 bits per heavy atom. The quantitative estimate of drug-likeness (QED) is 0.614. The molecule has 0 unspecified atom stereocenters. The van der Waals surface area contributed by atoms with Gasteiger partial charge >= 0.3 is 5.97 Å². The number of benzene rings is 1. The van der Waals surface area contributed by atoms with Crippen molar-refractivity contribution in [2.24, 2.45) is 0 Å². The molecular weight excluding hydrogens is 384 g/mol. The lowest BCUT2D eigenvalue weighted by Crippen LogP contribution is -2.24. The number of carboxylic acids is 1. The first-order valence-corrected chi connectivity index (χ1v) is 9.50. The molecule has 0 radical (unpaired) electrons. The third kappa shape index (κ3) is 4.65. The van der Waals surface area contributed by atoms with Crippen LogP contribution in [0.25, 0.3) is 0 Å².